The molecule has 0 amide bonds. The van der Waals surface area contributed by atoms with E-state index in [4.69, 9.17) is 4.74 Å². The molecule has 0 bridgehead atoms. The molecule has 3 aromatic rings. The van der Waals surface area contributed by atoms with Gasteiger partial charge < -0.3 is 9.72 Å². The van der Waals surface area contributed by atoms with Gasteiger partial charge >= 0.3 is 0 Å². The molecule has 0 radical (unpaired) electrons. The first-order valence-corrected chi connectivity index (χ1v) is 14.1. The second-order valence-electron chi connectivity index (χ2n) is 11.1. The first-order chi connectivity index (χ1) is 18.6. The molecule has 1 N–H and O–H groups in total. The van der Waals surface area contributed by atoms with E-state index >= 15 is 8.78 Å². The summed E-state index contributed by atoms with van der Waals surface area (Å²) in [6.45, 7) is 10.6. The predicted molar refractivity (Wildman–Crippen MR) is 149 cm³/mol. The topological polar surface area (TPSA) is 31.5 Å². The molecule has 1 aromatic heterocycles. The van der Waals surface area contributed by atoms with Gasteiger partial charge in [-0.2, -0.15) is 0 Å². The summed E-state index contributed by atoms with van der Waals surface area (Å²) in [5, 5.41) is 1.02. The fraction of sp³-hybridized carbons (Fsp3) is 0.548. The van der Waals surface area contributed by atoms with Crippen molar-refractivity contribution in [2.24, 2.45) is 0 Å². The van der Waals surface area contributed by atoms with E-state index < -0.39 is 23.3 Å². The average Bonchev–Trinajstić information content (AvgIpc) is 3.48. The maximum absolute atomic E-state index is 15.8. The van der Waals surface area contributed by atoms with Crippen molar-refractivity contribution < 1.29 is 22.3 Å². The minimum absolute atomic E-state index is 0.0293. The second kappa shape index (κ2) is 12.3. The molecule has 0 spiro atoms. The summed E-state index contributed by atoms with van der Waals surface area (Å²) in [5.74, 6) is -1.30. The lowest BCUT2D eigenvalue weighted by Crippen LogP contribution is -2.48. The van der Waals surface area contributed by atoms with E-state index in [9.17, 15) is 8.78 Å². The van der Waals surface area contributed by atoms with Crippen LogP contribution in [0.5, 0.6) is 5.75 Å². The molecule has 1 saturated heterocycles. The predicted octanol–water partition coefficient (Wildman–Crippen LogP) is 7.37. The number of aromatic nitrogens is 1. The monoisotopic (exact) mass is 547 g/mol. The normalized spacial score (nSPS) is 22.0. The molecule has 4 nitrogen and oxygen atoms in total. The van der Waals surface area contributed by atoms with Crippen LogP contribution in [-0.4, -0.2) is 65.5 Å². The summed E-state index contributed by atoms with van der Waals surface area (Å²) in [6, 6.07) is 9.36. The van der Waals surface area contributed by atoms with Crippen LogP contribution in [0, 0.1) is 11.6 Å². The van der Waals surface area contributed by atoms with Crippen LogP contribution in [0.4, 0.5) is 17.6 Å². The van der Waals surface area contributed by atoms with Gasteiger partial charge in [-0.15, -0.1) is 0 Å². The summed E-state index contributed by atoms with van der Waals surface area (Å²) in [5.41, 5.74) is 0.953. The lowest BCUT2D eigenvalue weighted by Gasteiger charge is -2.43. The van der Waals surface area contributed by atoms with Crippen LogP contribution in [0.1, 0.15) is 70.3 Å². The second-order valence-corrected chi connectivity index (χ2v) is 11.1. The number of hydrogen-bond acceptors (Lipinski definition) is 3. The highest BCUT2D eigenvalue weighted by atomic mass is 19.1. The molecule has 5 rings (SSSR count). The van der Waals surface area contributed by atoms with Crippen LogP contribution < -0.4 is 4.74 Å². The molecular formula is C31H41F4N3O. The van der Waals surface area contributed by atoms with Gasteiger partial charge in [-0.1, -0.05) is 32.0 Å². The van der Waals surface area contributed by atoms with Crippen LogP contribution in [0.15, 0.2) is 36.4 Å². The van der Waals surface area contributed by atoms with Crippen molar-refractivity contribution in [2.75, 3.05) is 32.9 Å². The number of ether oxygens (including phenoxy) is 1. The zero-order chi connectivity index (χ0) is 28.3. The number of nitrogens with zero attached hydrogens (tertiary/aromatic N) is 2. The van der Waals surface area contributed by atoms with Crippen molar-refractivity contribution >= 4 is 10.9 Å². The molecule has 0 aliphatic carbocycles. The fourth-order valence-electron chi connectivity index (χ4n) is 5.96. The number of nitrogens with one attached hydrogen (secondary N) is 1. The summed E-state index contributed by atoms with van der Waals surface area (Å²) >= 11 is 0. The highest BCUT2D eigenvalue weighted by molar-refractivity contribution is 5.85. The largest absolute Gasteiger partial charge is 0.489 e. The minimum atomic E-state index is -1.55. The Balaban J connectivity index is 0.00000172. The molecule has 214 valence electrons. The SMILES string of the molecule is CC.CC1Cc2c([nH]c3ccccc23)C(c2c(F)cc(OC3CCN(CCCF)C3)cc2F)N1CC(C)(C)F. The molecule has 8 heteroatoms. The van der Waals surface area contributed by atoms with Gasteiger partial charge in [0.2, 0.25) is 0 Å². The summed E-state index contributed by atoms with van der Waals surface area (Å²) < 4.78 is 64.9. The van der Waals surface area contributed by atoms with E-state index in [1.807, 2.05) is 49.9 Å². The zero-order valence-corrected chi connectivity index (χ0v) is 23.7. The number of aromatic amines is 1. The maximum Gasteiger partial charge on any atom is 0.135 e. The van der Waals surface area contributed by atoms with Crippen molar-refractivity contribution in [1.29, 1.82) is 0 Å². The molecule has 3 unspecified atom stereocenters. The van der Waals surface area contributed by atoms with E-state index in [0.717, 1.165) is 29.4 Å². The fourth-order valence-corrected chi connectivity index (χ4v) is 5.96. The van der Waals surface area contributed by atoms with E-state index in [1.165, 1.54) is 26.0 Å². The Labute approximate surface area is 229 Å². The highest BCUT2D eigenvalue weighted by Gasteiger charge is 2.41. The molecule has 0 saturated carbocycles. The lowest BCUT2D eigenvalue weighted by atomic mass is 9.87. The number of halogens is 4. The number of fused-ring (bicyclic) bond motifs is 3. The van der Waals surface area contributed by atoms with Crippen molar-refractivity contribution in [3.63, 3.8) is 0 Å². The Hall–Kier alpha value is -2.58. The molecule has 2 aliphatic heterocycles. The Morgan fingerprint density at radius 2 is 1.79 bits per heavy atom. The van der Waals surface area contributed by atoms with Gasteiger partial charge in [0.15, 0.2) is 0 Å². The summed E-state index contributed by atoms with van der Waals surface area (Å²) in [7, 11) is 0. The molecule has 1 fully saturated rings. The minimum Gasteiger partial charge on any atom is -0.489 e. The third-order valence-electron chi connectivity index (χ3n) is 7.54. The Bertz CT molecular complexity index is 1230. The molecular weight excluding hydrogens is 506 g/mol. The smallest absolute Gasteiger partial charge is 0.135 e. The van der Waals surface area contributed by atoms with E-state index in [0.29, 0.717) is 31.6 Å². The van der Waals surface area contributed by atoms with Crippen LogP contribution in [0.2, 0.25) is 0 Å². The van der Waals surface area contributed by atoms with Crippen molar-refractivity contribution in [1.82, 2.24) is 14.8 Å². The maximum atomic E-state index is 15.8. The van der Waals surface area contributed by atoms with Crippen LogP contribution in [0.3, 0.4) is 0 Å². The molecule has 2 aliphatic rings. The number of alkyl halides is 2. The number of para-hydroxylation sites is 1. The summed E-state index contributed by atoms with van der Waals surface area (Å²) in [6.07, 6.45) is 1.63. The van der Waals surface area contributed by atoms with E-state index in [1.54, 1.807) is 0 Å². The molecule has 3 atom stereocenters. The van der Waals surface area contributed by atoms with Crippen molar-refractivity contribution in [2.45, 2.75) is 77.7 Å². The number of benzene rings is 2. The van der Waals surface area contributed by atoms with Gasteiger partial charge in [0, 0.05) is 66.5 Å². The third kappa shape index (κ3) is 6.43. The quantitative estimate of drug-likeness (QED) is 0.299. The zero-order valence-electron chi connectivity index (χ0n) is 23.7. The number of likely N-dealkylation sites (tertiary alicyclic amines) is 1. The van der Waals surface area contributed by atoms with Gasteiger partial charge in [0.1, 0.15) is 29.2 Å². The standard InChI is InChI=1S/C29H35F4N3O.C2H6/c1-18-13-22-21-7-4-5-8-25(21)34-27(22)28(36(18)17-29(2,3)33)26-23(31)14-20(15-24(26)32)37-19-9-12-35(16-19)11-6-10-30;1-2/h4-5,7-8,14-15,18-19,28,34H,6,9-13,16-17H2,1-3H3;1-2H3. The molecule has 39 heavy (non-hydrogen) atoms. The van der Waals surface area contributed by atoms with Gasteiger partial charge in [0.05, 0.1) is 12.7 Å². The van der Waals surface area contributed by atoms with Gasteiger partial charge in [-0.05, 0) is 51.7 Å². The van der Waals surface area contributed by atoms with E-state index in [2.05, 4.69) is 9.88 Å². The van der Waals surface area contributed by atoms with Gasteiger partial charge in [-0.3, -0.25) is 14.2 Å². The number of rotatable bonds is 8. The Morgan fingerprint density at radius 1 is 1.10 bits per heavy atom. The van der Waals surface area contributed by atoms with Gasteiger partial charge in [0.25, 0.3) is 0 Å². The molecule has 3 heterocycles. The number of H-pyrrole nitrogens is 1. The van der Waals surface area contributed by atoms with Crippen LogP contribution >= 0.6 is 0 Å². The first-order valence-electron chi connectivity index (χ1n) is 14.1. The Kier molecular flexibility index (Phi) is 9.27. The number of hydrogen-bond donors (Lipinski definition) is 1. The van der Waals surface area contributed by atoms with Gasteiger partial charge in [-0.25, -0.2) is 13.2 Å². The lowest BCUT2D eigenvalue weighted by molar-refractivity contribution is 0.0642. The molecule has 2 aromatic carbocycles. The van der Waals surface area contributed by atoms with Crippen LogP contribution in [-0.2, 0) is 6.42 Å². The first kappa shape index (κ1) is 29.4. The Morgan fingerprint density at radius 3 is 2.46 bits per heavy atom. The van der Waals surface area contributed by atoms with Crippen molar-refractivity contribution in [3.8, 4) is 5.75 Å². The van der Waals surface area contributed by atoms with Crippen molar-refractivity contribution in [3.05, 3.63) is 64.9 Å². The van der Waals surface area contributed by atoms with Crippen LogP contribution in [0.25, 0.3) is 10.9 Å². The highest BCUT2D eigenvalue weighted by Crippen LogP contribution is 2.43. The third-order valence-corrected chi connectivity index (χ3v) is 7.54. The van der Waals surface area contributed by atoms with E-state index in [-0.39, 0.29) is 36.7 Å². The average molecular weight is 548 g/mol. The summed E-state index contributed by atoms with van der Waals surface area (Å²) in [4.78, 5) is 7.35.